The maximum atomic E-state index is 11.9. The van der Waals surface area contributed by atoms with Crippen molar-refractivity contribution in [3.8, 4) is 0 Å². The number of halogens is 2. The van der Waals surface area contributed by atoms with Crippen LogP contribution in [0.3, 0.4) is 0 Å². The Balaban J connectivity index is 0.00000338. The summed E-state index contributed by atoms with van der Waals surface area (Å²) in [5, 5.41) is 6.64. The molecular formula is C16H27ClIN5O2S. The number of hydrogen-bond donors (Lipinski definition) is 3. The molecule has 1 aliphatic carbocycles. The molecule has 1 saturated carbocycles. The second-order valence-corrected chi connectivity index (χ2v) is 8.44. The average molecular weight is 516 g/mol. The molecule has 7 nitrogen and oxygen atoms in total. The largest absolute Gasteiger partial charge is 0.356 e. The highest BCUT2D eigenvalue weighted by molar-refractivity contribution is 14.0. The third kappa shape index (κ3) is 8.83. The number of hydrogen-bond acceptors (Lipinski definition) is 4. The van der Waals surface area contributed by atoms with E-state index in [4.69, 9.17) is 11.6 Å². The molecule has 0 amide bonds. The van der Waals surface area contributed by atoms with Crippen LogP contribution in [0.2, 0.25) is 5.15 Å². The van der Waals surface area contributed by atoms with Gasteiger partial charge in [-0.3, -0.25) is 4.99 Å². The molecule has 1 heterocycles. The van der Waals surface area contributed by atoms with E-state index in [-0.39, 0.29) is 29.7 Å². The van der Waals surface area contributed by atoms with Crippen LogP contribution in [-0.4, -0.2) is 51.8 Å². The number of rotatable bonds is 9. The van der Waals surface area contributed by atoms with Gasteiger partial charge in [0.2, 0.25) is 10.0 Å². The molecule has 0 aliphatic heterocycles. The van der Waals surface area contributed by atoms with Gasteiger partial charge in [0.25, 0.3) is 0 Å². The molecule has 0 unspecified atom stereocenters. The molecule has 0 atom stereocenters. The third-order valence-corrected chi connectivity index (χ3v) is 5.77. The van der Waals surface area contributed by atoms with E-state index in [0.29, 0.717) is 36.7 Å². The number of guanidine groups is 1. The van der Waals surface area contributed by atoms with Gasteiger partial charge in [-0.15, -0.1) is 24.0 Å². The standard InChI is InChI=1S/C16H26ClN5O2S.HI/c1-18-16(19-8-7-14-5-6-15(17)21-11-14)20-9-10-25(23,24)22-12-13-3-2-4-13;/h5-6,11,13,22H,2-4,7-10,12H2,1H3,(H2,18,19,20);1H. The lowest BCUT2D eigenvalue weighted by Crippen LogP contribution is -2.42. The van der Waals surface area contributed by atoms with Crippen LogP contribution in [0.5, 0.6) is 0 Å². The lowest BCUT2D eigenvalue weighted by molar-refractivity contribution is 0.316. The van der Waals surface area contributed by atoms with Gasteiger partial charge >= 0.3 is 0 Å². The Bertz CT molecular complexity index is 666. The van der Waals surface area contributed by atoms with E-state index in [1.807, 2.05) is 6.07 Å². The first-order valence-electron chi connectivity index (χ1n) is 8.51. The first-order valence-corrected chi connectivity index (χ1v) is 10.5. The molecular weight excluding hydrogens is 489 g/mol. The van der Waals surface area contributed by atoms with Gasteiger partial charge in [0.05, 0.1) is 5.75 Å². The SMILES string of the molecule is CN=C(NCCc1ccc(Cl)nc1)NCCS(=O)(=O)NCC1CCC1.I. The smallest absolute Gasteiger partial charge is 0.213 e. The molecule has 1 aliphatic rings. The second-order valence-electron chi connectivity index (χ2n) is 6.13. The van der Waals surface area contributed by atoms with Crippen LogP contribution in [0, 0.1) is 5.92 Å². The van der Waals surface area contributed by atoms with Crippen molar-refractivity contribution in [3.05, 3.63) is 29.0 Å². The topological polar surface area (TPSA) is 95.5 Å². The summed E-state index contributed by atoms with van der Waals surface area (Å²) >= 11 is 5.75. The van der Waals surface area contributed by atoms with E-state index in [2.05, 4.69) is 25.3 Å². The number of aromatic nitrogens is 1. The van der Waals surface area contributed by atoms with Crippen molar-refractivity contribution in [2.75, 3.05) is 32.4 Å². The molecule has 0 radical (unpaired) electrons. The van der Waals surface area contributed by atoms with E-state index in [1.165, 1.54) is 6.42 Å². The maximum Gasteiger partial charge on any atom is 0.213 e. The van der Waals surface area contributed by atoms with Crippen LogP contribution in [0.4, 0.5) is 0 Å². The van der Waals surface area contributed by atoms with Crippen molar-refractivity contribution >= 4 is 51.6 Å². The summed E-state index contributed by atoms with van der Waals surface area (Å²) in [6.45, 7) is 1.53. The van der Waals surface area contributed by atoms with E-state index in [0.717, 1.165) is 24.8 Å². The lowest BCUT2D eigenvalue weighted by atomic mass is 9.86. The lowest BCUT2D eigenvalue weighted by Gasteiger charge is -2.25. The Labute approximate surface area is 177 Å². The van der Waals surface area contributed by atoms with Gasteiger partial charge in [-0.25, -0.2) is 18.1 Å². The zero-order valence-electron chi connectivity index (χ0n) is 14.9. The van der Waals surface area contributed by atoms with E-state index >= 15 is 0 Å². The van der Waals surface area contributed by atoms with E-state index in [1.54, 1.807) is 19.3 Å². The molecule has 0 aromatic carbocycles. The molecule has 0 saturated heterocycles. The van der Waals surface area contributed by atoms with Crippen LogP contribution >= 0.6 is 35.6 Å². The Hall–Kier alpha value is -0.650. The highest BCUT2D eigenvalue weighted by atomic mass is 127. The molecule has 0 spiro atoms. The molecule has 148 valence electrons. The van der Waals surface area contributed by atoms with Crippen molar-refractivity contribution in [3.63, 3.8) is 0 Å². The Morgan fingerprint density at radius 2 is 2.04 bits per heavy atom. The first-order chi connectivity index (χ1) is 12.0. The minimum absolute atomic E-state index is 0. The minimum atomic E-state index is -3.24. The zero-order valence-corrected chi connectivity index (χ0v) is 18.8. The fraction of sp³-hybridized carbons (Fsp3) is 0.625. The summed E-state index contributed by atoms with van der Waals surface area (Å²) in [7, 11) is -1.59. The molecule has 1 aromatic heterocycles. The van der Waals surface area contributed by atoms with Crippen LogP contribution in [0.1, 0.15) is 24.8 Å². The number of sulfonamides is 1. The Morgan fingerprint density at radius 3 is 2.62 bits per heavy atom. The van der Waals surface area contributed by atoms with Crippen molar-refractivity contribution in [2.24, 2.45) is 10.9 Å². The molecule has 0 bridgehead atoms. The van der Waals surface area contributed by atoms with Crippen LogP contribution in [-0.2, 0) is 16.4 Å². The van der Waals surface area contributed by atoms with E-state index in [9.17, 15) is 8.42 Å². The summed E-state index contributed by atoms with van der Waals surface area (Å²) in [6.07, 6.45) is 5.97. The highest BCUT2D eigenvalue weighted by Crippen LogP contribution is 2.25. The predicted molar refractivity (Wildman–Crippen MR) is 117 cm³/mol. The van der Waals surface area contributed by atoms with Crippen molar-refractivity contribution in [1.82, 2.24) is 20.3 Å². The summed E-state index contributed by atoms with van der Waals surface area (Å²) in [6, 6.07) is 3.68. The molecule has 10 heteroatoms. The van der Waals surface area contributed by atoms with Gasteiger partial charge in [0.15, 0.2) is 5.96 Å². The second kappa shape index (κ2) is 11.9. The Morgan fingerprint density at radius 1 is 1.31 bits per heavy atom. The summed E-state index contributed by atoms with van der Waals surface area (Å²) in [5.41, 5.74) is 1.06. The van der Waals surface area contributed by atoms with E-state index < -0.39 is 10.0 Å². The number of nitrogens with one attached hydrogen (secondary N) is 3. The predicted octanol–water partition coefficient (Wildman–Crippen LogP) is 1.78. The highest BCUT2D eigenvalue weighted by Gasteiger charge is 2.19. The zero-order chi connectivity index (χ0) is 18.1. The van der Waals surface area contributed by atoms with Gasteiger partial charge in [-0.1, -0.05) is 24.1 Å². The van der Waals surface area contributed by atoms with Gasteiger partial charge in [-0.05, 0) is 36.8 Å². The maximum absolute atomic E-state index is 11.9. The Kier molecular flexibility index (Phi) is 10.7. The molecule has 2 rings (SSSR count). The van der Waals surface area contributed by atoms with Crippen LogP contribution < -0.4 is 15.4 Å². The van der Waals surface area contributed by atoms with Gasteiger partial charge in [0, 0.05) is 32.9 Å². The van der Waals surface area contributed by atoms with Crippen molar-refractivity contribution in [1.29, 1.82) is 0 Å². The quantitative estimate of drug-likeness (QED) is 0.202. The summed E-state index contributed by atoms with van der Waals surface area (Å²) < 4.78 is 26.6. The van der Waals surface area contributed by atoms with Gasteiger partial charge in [-0.2, -0.15) is 0 Å². The first kappa shape index (κ1) is 23.4. The average Bonchev–Trinajstić information content (AvgIpc) is 2.53. The number of nitrogens with zero attached hydrogens (tertiary/aromatic N) is 2. The summed E-state index contributed by atoms with van der Waals surface area (Å²) in [4.78, 5) is 8.12. The van der Waals surface area contributed by atoms with Gasteiger partial charge < -0.3 is 10.6 Å². The molecule has 3 N–H and O–H groups in total. The van der Waals surface area contributed by atoms with Crippen molar-refractivity contribution < 1.29 is 8.42 Å². The van der Waals surface area contributed by atoms with Crippen LogP contribution in [0.15, 0.2) is 23.3 Å². The fourth-order valence-corrected chi connectivity index (χ4v) is 3.53. The van der Waals surface area contributed by atoms with Gasteiger partial charge in [0.1, 0.15) is 5.15 Å². The molecule has 26 heavy (non-hydrogen) atoms. The fourth-order valence-electron chi connectivity index (χ4n) is 2.42. The third-order valence-electron chi connectivity index (χ3n) is 4.20. The normalized spacial score (nSPS) is 15.1. The molecule has 1 aromatic rings. The minimum Gasteiger partial charge on any atom is -0.356 e. The summed E-state index contributed by atoms with van der Waals surface area (Å²) in [5.74, 6) is 1.12. The monoisotopic (exact) mass is 515 g/mol. The number of pyridine rings is 1. The number of aliphatic imine (C=N–C) groups is 1. The van der Waals surface area contributed by atoms with Crippen LogP contribution in [0.25, 0.3) is 0 Å². The van der Waals surface area contributed by atoms with Crippen molar-refractivity contribution in [2.45, 2.75) is 25.7 Å². The molecule has 1 fully saturated rings.